The SMILES string of the molecule is COc1ccc(C(=O)C(=O)c2cnn(C)c2)cc1. The second-order valence-electron chi connectivity index (χ2n) is 3.79. The lowest BCUT2D eigenvalue weighted by Crippen LogP contribution is -2.13. The number of aryl methyl sites for hydroxylation is 1. The molecule has 0 amide bonds. The first-order valence-electron chi connectivity index (χ1n) is 5.33. The normalized spacial score (nSPS) is 10.1. The van der Waals surface area contributed by atoms with Crippen LogP contribution in [-0.2, 0) is 7.05 Å². The van der Waals surface area contributed by atoms with Crippen molar-refractivity contribution in [3.8, 4) is 5.75 Å². The molecule has 1 aromatic carbocycles. The monoisotopic (exact) mass is 244 g/mol. The summed E-state index contributed by atoms with van der Waals surface area (Å²) in [6.45, 7) is 0. The minimum Gasteiger partial charge on any atom is -0.497 e. The number of Topliss-reactive ketones (excluding diaryl/α,β-unsaturated/α-hetero) is 2. The van der Waals surface area contributed by atoms with E-state index in [1.807, 2.05) is 0 Å². The quantitative estimate of drug-likeness (QED) is 0.604. The molecule has 1 heterocycles. The van der Waals surface area contributed by atoms with Crippen LogP contribution in [-0.4, -0.2) is 28.5 Å². The Morgan fingerprint density at radius 1 is 1.11 bits per heavy atom. The van der Waals surface area contributed by atoms with Gasteiger partial charge in [0.1, 0.15) is 5.75 Å². The zero-order valence-electron chi connectivity index (χ0n) is 10.1. The van der Waals surface area contributed by atoms with Crippen LogP contribution in [0.5, 0.6) is 5.75 Å². The van der Waals surface area contributed by atoms with Crippen molar-refractivity contribution in [3.05, 3.63) is 47.8 Å². The third kappa shape index (κ3) is 2.29. The second-order valence-corrected chi connectivity index (χ2v) is 3.79. The van der Waals surface area contributed by atoms with E-state index in [1.54, 1.807) is 31.3 Å². The van der Waals surface area contributed by atoms with Crippen LogP contribution in [0.15, 0.2) is 36.7 Å². The van der Waals surface area contributed by atoms with E-state index >= 15 is 0 Å². The van der Waals surface area contributed by atoms with E-state index in [1.165, 1.54) is 24.2 Å². The van der Waals surface area contributed by atoms with Crippen LogP contribution in [0.25, 0.3) is 0 Å². The molecule has 0 atom stereocenters. The minimum absolute atomic E-state index is 0.290. The summed E-state index contributed by atoms with van der Waals surface area (Å²) < 4.78 is 6.47. The first kappa shape index (κ1) is 12.0. The fraction of sp³-hybridized carbons (Fsp3) is 0.154. The molecule has 0 unspecified atom stereocenters. The van der Waals surface area contributed by atoms with E-state index in [0.717, 1.165) is 0 Å². The number of ketones is 2. The number of nitrogens with zero attached hydrogens (tertiary/aromatic N) is 2. The van der Waals surface area contributed by atoms with Crippen molar-refractivity contribution >= 4 is 11.6 Å². The molecule has 0 saturated carbocycles. The Bertz CT molecular complexity index is 585. The van der Waals surface area contributed by atoms with Gasteiger partial charge in [0.25, 0.3) is 0 Å². The molecule has 1 aromatic heterocycles. The van der Waals surface area contributed by atoms with Crippen LogP contribution in [0.4, 0.5) is 0 Å². The summed E-state index contributed by atoms with van der Waals surface area (Å²) in [5, 5.41) is 3.86. The van der Waals surface area contributed by atoms with E-state index in [9.17, 15) is 9.59 Å². The van der Waals surface area contributed by atoms with Gasteiger partial charge in [0, 0.05) is 18.8 Å². The van der Waals surface area contributed by atoms with Crippen LogP contribution in [0, 0.1) is 0 Å². The van der Waals surface area contributed by atoms with Crippen molar-refractivity contribution in [1.82, 2.24) is 9.78 Å². The maximum atomic E-state index is 11.9. The Morgan fingerprint density at radius 3 is 2.22 bits per heavy atom. The van der Waals surface area contributed by atoms with E-state index < -0.39 is 11.6 Å². The Kier molecular flexibility index (Phi) is 3.23. The van der Waals surface area contributed by atoms with Gasteiger partial charge in [0.2, 0.25) is 11.6 Å². The van der Waals surface area contributed by atoms with Crippen LogP contribution in [0.1, 0.15) is 20.7 Å². The highest BCUT2D eigenvalue weighted by Crippen LogP contribution is 2.13. The van der Waals surface area contributed by atoms with Gasteiger partial charge < -0.3 is 4.74 Å². The fourth-order valence-corrected chi connectivity index (χ4v) is 1.54. The molecule has 92 valence electrons. The summed E-state index contributed by atoms with van der Waals surface area (Å²) in [6, 6.07) is 6.42. The van der Waals surface area contributed by atoms with Crippen LogP contribution < -0.4 is 4.74 Å². The van der Waals surface area contributed by atoms with Crippen molar-refractivity contribution in [1.29, 1.82) is 0 Å². The van der Waals surface area contributed by atoms with Gasteiger partial charge in [-0.2, -0.15) is 5.10 Å². The smallest absolute Gasteiger partial charge is 0.236 e. The number of carbonyl (C=O) groups is 2. The molecule has 0 aliphatic heterocycles. The van der Waals surface area contributed by atoms with E-state index in [4.69, 9.17) is 4.74 Å². The largest absolute Gasteiger partial charge is 0.497 e. The number of carbonyl (C=O) groups excluding carboxylic acids is 2. The molecule has 0 radical (unpaired) electrons. The average molecular weight is 244 g/mol. The second kappa shape index (κ2) is 4.83. The van der Waals surface area contributed by atoms with Crippen molar-refractivity contribution in [2.24, 2.45) is 7.05 Å². The van der Waals surface area contributed by atoms with Gasteiger partial charge in [-0.1, -0.05) is 0 Å². The summed E-state index contributed by atoms with van der Waals surface area (Å²) in [5.74, 6) is -0.473. The molecule has 2 rings (SSSR count). The number of benzene rings is 1. The topological polar surface area (TPSA) is 61.2 Å². The molecule has 0 fully saturated rings. The number of aromatic nitrogens is 2. The molecular weight excluding hydrogens is 232 g/mol. The maximum absolute atomic E-state index is 11.9. The highest BCUT2D eigenvalue weighted by Gasteiger charge is 2.19. The highest BCUT2D eigenvalue weighted by atomic mass is 16.5. The molecule has 0 bridgehead atoms. The third-order valence-corrected chi connectivity index (χ3v) is 2.53. The van der Waals surface area contributed by atoms with Crippen molar-refractivity contribution < 1.29 is 14.3 Å². The Hall–Kier alpha value is -2.43. The molecule has 5 nitrogen and oxygen atoms in total. The predicted octanol–water partition coefficient (Wildman–Crippen LogP) is 1.49. The number of hydrogen-bond donors (Lipinski definition) is 0. The molecule has 0 N–H and O–H groups in total. The zero-order valence-corrected chi connectivity index (χ0v) is 10.1. The van der Waals surface area contributed by atoms with Crippen LogP contribution >= 0.6 is 0 Å². The first-order valence-corrected chi connectivity index (χ1v) is 5.33. The van der Waals surface area contributed by atoms with E-state index in [-0.39, 0.29) is 0 Å². The number of methoxy groups -OCH3 is 1. The molecule has 2 aromatic rings. The Balaban J connectivity index is 2.22. The maximum Gasteiger partial charge on any atom is 0.236 e. The summed E-state index contributed by atoms with van der Waals surface area (Å²) >= 11 is 0. The van der Waals surface area contributed by atoms with Gasteiger partial charge in [-0.3, -0.25) is 14.3 Å². The first-order chi connectivity index (χ1) is 8.61. The molecule has 0 saturated heterocycles. The summed E-state index contributed by atoms with van der Waals surface area (Å²) in [5.41, 5.74) is 0.628. The molecule has 5 heteroatoms. The minimum atomic E-state index is -0.562. The number of rotatable bonds is 4. The Labute approximate surface area is 104 Å². The van der Waals surface area contributed by atoms with Gasteiger partial charge >= 0.3 is 0 Å². The van der Waals surface area contributed by atoms with Gasteiger partial charge in [-0.05, 0) is 24.3 Å². The van der Waals surface area contributed by atoms with Gasteiger partial charge in [-0.25, -0.2) is 0 Å². The third-order valence-electron chi connectivity index (χ3n) is 2.53. The lowest BCUT2D eigenvalue weighted by molar-refractivity contribution is 0.0817. The Morgan fingerprint density at radius 2 is 1.72 bits per heavy atom. The van der Waals surface area contributed by atoms with Gasteiger partial charge in [-0.15, -0.1) is 0 Å². The lowest BCUT2D eigenvalue weighted by Gasteiger charge is -2.01. The van der Waals surface area contributed by atoms with Crippen molar-refractivity contribution in [3.63, 3.8) is 0 Å². The number of hydrogen-bond acceptors (Lipinski definition) is 4. The van der Waals surface area contributed by atoms with Crippen LogP contribution in [0.2, 0.25) is 0 Å². The summed E-state index contributed by atoms with van der Waals surface area (Å²) in [4.78, 5) is 23.8. The zero-order chi connectivity index (χ0) is 13.1. The molecule has 0 aliphatic carbocycles. The number of ether oxygens (including phenoxy) is 1. The van der Waals surface area contributed by atoms with Gasteiger partial charge in [0.05, 0.1) is 18.9 Å². The lowest BCUT2D eigenvalue weighted by atomic mass is 10.0. The molecule has 0 aliphatic rings. The molecule has 0 spiro atoms. The fourth-order valence-electron chi connectivity index (χ4n) is 1.54. The van der Waals surface area contributed by atoms with Crippen molar-refractivity contribution in [2.45, 2.75) is 0 Å². The van der Waals surface area contributed by atoms with Crippen molar-refractivity contribution in [2.75, 3.05) is 7.11 Å². The standard InChI is InChI=1S/C13H12N2O3/c1-15-8-10(7-14-15)13(17)12(16)9-3-5-11(18-2)6-4-9/h3-8H,1-2H3. The van der Waals surface area contributed by atoms with E-state index in [0.29, 0.717) is 16.9 Å². The molecular formula is C13H12N2O3. The van der Waals surface area contributed by atoms with E-state index in [2.05, 4.69) is 5.10 Å². The summed E-state index contributed by atoms with van der Waals surface area (Å²) in [7, 11) is 3.23. The predicted molar refractivity (Wildman–Crippen MR) is 64.9 cm³/mol. The molecule has 18 heavy (non-hydrogen) atoms. The van der Waals surface area contributed by atoms with Crippen LogP contribution in [0.3, 0.4) is 0 Å². The highest BCUT2D eigenvalue weighted by molar-refractivity contribution is 6.49. The summed E-state index contributed by atoms with van der Waals surface area (Å²) in [6.07, 6.45) is 2.90. The average Bonchev–Trinajstić information content (AvgIpc) is 2.84. The van der Waals surface area contributed by atoms with Gasteiger partial charge in [0.15, 0.2) is 0 Å².